The Morgan fingerprint density at radius 2 is 1.70 bits per heavy atom. The smallest absolute Gasteiger partial charge is 0.198 e. The van der Waals surface area contributed by atoms with E-state index in [1.54, 1.807) is 30.9 Å². The number of hydrogen-bond acceptors (Lipinski definition) is 7. The van der Waals surface area contributed by atoms with Gasteiger partial charge in [-0.3, -0.25) is 5.21 Å². The van der Waals surface area contributed by atoms with Gasteiger partial charge in [0.2, 0.25) is 0 Å². The van der Waals surface area contributed by atoms with E-state index >= 15 is 0 Å². The summed E-state index contributed by atoms with van der Waals surface area (Å²) in [5, 5.41) is 10.9. The van der Waals surface area contributed by atoms with Crippen LogP contribution in [0, 0.1) is 0 Å². The lowest BCUT2D eigenvalue weighted by Gasteiger charge is -2.27. The number of oxazole rings is 1. The molecule has 1 aromatic heterocycles. The summed E-state index contributed by atoms with van der Waals surface area (Å²) < 4.78 is 30.7. The first-order chi connectivity index (χ1) is 15.7. The van der Waals surface area contributed by atoms with Crippen molar-refractivity contribution in [3.63, 3.8) is 0 Å². The molecule has 1 N–H and O–H groups in total. The molecule has 0 unspecified atom stereocenters. The average molecular weight is 509 g/mol. The highest BCUT2D eigenvalue weighted by molar-refractivity contribution is 8.23. The summed E-state index contributed by atoms with van der Waals surface area (Å²) in [5.74, 6) is 2.42. The normalized spacial score (nSPS) is 22.3. The fourth-order valence-corrected chi connectivity index (χ4v) is 6.86. The zero-order valence-corrected chi connectivity index (χ0v) is 21.6. The Bertz CT molecular complexity index is 1070. The second kappa shape index (κ2) is 10.5. The molecule has 33 heavy (non-hydrogen) atoms. The van der Waals surface area contributed by atoms with Gasteiger partial charge in [-0.05, 0) is 50.7 Å². The van der Waals surface area contributed by atoms with Crippen LogP contribution >= 0.6 is 24.0 Å². The minimum absolute atomic E-state index is 0.272. The first-order valence-corrected chi connectivity index (χ1v) is 14.8. The van der Waals surface area contributed by atoms with Gasteiger partial charge in [0.25, 0.3) is 0 Å². The predicted octanol–water partition coefficient (Wildman–Crippen LogP) is 6.16. The summed E-state index contributed by atoms with van der Waals surface area (Å²) in [6, 6.07) is 7.02. The quantitative estimate of drug-likeness (QED) is 0.380. The lowest BCUT2D eigenvalue weighted by atomic mass is 9.86. The largest absolute Gasteiger partial charge is 0.444 e. The average Bonchev–Trinajstić information content (AvgIpc) is 3.25. The lowest BCUT2D eigenvalue weighted by Crippen LogP contribution is -2.23. The van der Waals surface area contributed by atoms with E-state index < -0.39 is 9.84 Å². The molecule has 6 nitrogen and oxygen atoms in total. The highest BCUT2D eigenvalue weighted by Crippen LogP contribution is 2.43. The number of sulfone groups is 1. The molecule has 9 heteroatoms. The SMILES string of the molecule is CN(O)C(=S)SC1CCC(c2nc(-c3ccc(S(C)(=O)=O)cc3)c(C3CCCCC3)o2)CC1. The van der Waals surface area contributed by atoms with Crippen molar-refractivity contribution in [1.29, 1.82) is 0 Å². The van der Waals surface area contributed by atoms with Gasteiger partial charge in [-0.25, -0.2) is 18.5 Å². The number of benzene rings is 1. The monoisotopic (exact) mass is 508 g/mol. The maximum absolute atomic E-state index is 11.9. The Morgan fingerprint density at radius 3 is 2.27 bits per heavy atom. The fraction of sp³-hybridized carbons (Fsp3) is 0.583. The first kappa shape index (κ1) is 24.7. The summed E-state index contributed by atoms with van der Waals surface area (Å²) in [6.07, 6.45) is 11.1. The molecular weight excluding hydrogens is 476 g/mol. The highest BCUT2D eigenvalue weighted by atomic mass is 32.2. The van der Waals surface area contributed by atoms with E-state index in [0.717, 1.165) is 66.5 Å². The third kappa shape index (κ3) is 5.99. The standard InChI is InChI=1S/C24H32N2O4S3/c1-26(27)24(31)32-19-12-8-18(9-13-19)23-25-21(22(30-23)17-6-4-3-5-7-17)16-10-14-20(15-11-16)33(2,28)29/h10-11,14-15,17-19,27H,3-9,12-13H2,1-2H3. The Hall–Kier alpha value is -1.42. The van der Waals surface area contributed by atoms with Gasteiger partial charge in [-0.2, -0.15) is 0 Å². The molecule has 0 aliphatic heterocycles. The minimum atomic E-state index is -3.24. The van der Waals surface area contributed by atoms with E-state index in [9.17, 15) is 13.6 Å². The molecule has 2 saturated carbocycles. The number of aromatic nitrogens is 1. The molecule has 2 aromatic rings. The van der Waals surface area contributed by atoms with Crippen LogP contribution in [0.4, 0.5) is 0 Å². The third-order valence-electron chi connectivity index (χ3n) is 6.76. The number of rotatable bonds is 5. The molecule has 0 saturated heterocycles. The van der Waals surface area contributed by atoms with Crippen LogP contribution in [0.15, 0.2) is 33.6 Å². The number of thioether (sulfide) groups is 1. The molecule has 180 valence electrons. The molecule has 4 rings (SSSR count). The van der Waals surface area contributed by atoms with Crippen molar-refractivity contribution in [3.8, 4) is 11.3 Å². The second-order valence-electron chi connectivity index (χ2n) is 9.28. The summed E-state index contributed by atoms with van der Waals surface area (Å²) in [4.78, 5) is 5.30. The molecule has 1 aromatic carbocycles. The fourth-order valence-electron chi connectivity index (χ4n) is 4.88. The van der Waals surface area contributed by atoms with Gasteiger partial charge in [0.1, 0.15) is 11.5 Å². The Balaban J connectivity index is 1.56. The van der Waals surface area contributed by atoms with Crippen LogP contribution in [0.25, 0.3) is 11.3 Å². The Kier molecular flexibility index (Phi) is 7.83. The topological polar surface area (TPSA) is 83.6 Å². The number of thiocarbonyl (C=S) groups is 1. The van der Waals surface area contributed by atoms with Crippen molar-refractivity contribution >= 4 is 38.1 Å². The number of nitrogens with zero attached hydrogens (tertiary/aromatic N) is 2. The van der Waals surface area contributed by atoms with E-state index in [2.05, 4.69) is 0 Å². The van der Waals surface area contributed by atoms with Gasteiger partial charge in [0.15, 0.2) is 20.0 Å². The molecule has 2 fully saturated rings. The summed E-state index contributed by atoms with van der Waals surface area (Å²) in [6.45, 7) is 0. The zero-order valence-electron chi connectivity index (χ0n) is 19.2. The van der Waals surface area contributed by atoms with Gasteiger partial charge < -0.3 is 4.42 Å². The van der Waals surface area contributed by atoms with Crippen LogP contribution in [0.5, 0.6) is 0 Å². The number of hydrogen-bond donors (Lipinski definition) is 1. The summed E-state index contributed by atoms with van der Waals surface area (Å²) >= 11 is 6.80. The van der Waals surface area contributed by atoms with Crippen molar-refractivity contribution in [2.75, 3.05) is 13.3 Å². The van der Waals surface area contributed by atoms with Crippen molar-refractivity contribution in [1.82, 2.24) is 10.0 Å². The van der Waals surface area contributed by atoms with E-state index in [0.29, 0.717) is 20.4 Å². The Labute approximate surface area is 206 Å². The van der Waals surface area contributed by atoms with Crippen molar-refractivity contribution in [2.24, 2.45) is 0 Å². The number of hydroxylamine groups is 2. The molecule has 0 amide bonds. The van der Waals surface area contributed by atoms with E-state index in [-0.39, 0.29) is 5.92 Å². The molecule has 0 atom stereocenters. The van der Waals surface area contributed by atoms with Crippen LogP contribution in [-0.2, 0) is 9.84 Å². The molecule has 2 aliphatic carbocycles. The molecule has 2 aliphatic rings. The maximum atomic E-state index is 11.9. The second-order valence-corrected chi connectivity index (χ2v) is 13.2. The van der Waals surface area contributed by atoms with Gasteiger partial charge >= 0.3 is 0 Å². The van der Waals surface area contributed by atoms with Crippen LogP contribution in [0.3, 0.4) is 0 Å². The minimum Gasteiger partial charge on any atom is -0.444 e. The third-order valence-corrected chi connectivity index (χ3v) is 9.71. The molecular formula is C24H32N2O4S3. The maximum Gasteiger partial charge on any atom is 0.198 e. The van der Waals surface area contributed by atoms with Gasteiger partial charge in [0, 0.05) is 36.0 Å². The first-order valence-electron chi connectivity index (χ1n) is 11.7. The summed E-state index contributed by atoms with van der Waals surface area (Å²) in [7, 11) is -1.68. The van der Waals surface area contributed by atoms with Gasteiger partial charge in [-0.1, -0.05) is 55.4 Å². The molecule has 0 spiro atoms. The highest BCUT2D eigenvalue weighted by Gasteiger charge is 2.31. The molecule has 0 radical (unpaired) electrons. The van der Waals surface area contributed by atoms with Gasteiger partial charge in [0.05, 0.1) is 4.90 Å². The van der Waals surface area contributed by atoms with Crippen LogP contribution in [-0.4, -0.2) is 46.5 Å². The van der Waals surface area contributed by atoms with Crippen molar-refractivity contribution < 1.29 is 18.0 Å². The molecule has 1 heterocycles. The summed E-state index contributed by atoms with van der Waals surface area (Å²) in [5.41, 5.74) is 1.79. The van der Waals surface area contributed by atoms with Crippen molar-refractivity contribution in [2.45, 2.75) is 79.8 Å². The van der Waals surface area contributed by atoms with Crippen LogP contribution in [0.1, 0.15) is 81.3 Å². The van der Waals surface area contributed by atoms with E-state index in [4.69, 9.17) is 21.6 Å². The van der Waals surface area contributed by atoms with Crippen molar-refractivity contribution in [3.05, 3.63) is 35.9 Å². The van der Waals surface area contributed by atoms with E-state index in [1.807, 2.05) is 12.1 Å². The lowest BCUT2D eigenvalue weighted by molar-refractivity contribution is 0.0204. The van der Waals surface area contributed by atoms with Crippen LogP contribution in [0.2, 0.25) is 0 Å². The molecule has 0 bridgehead atoms. The zero-order chi connectivity index (χ0) is 23.6. The van der Waals surface area contributed by atoms with Gasteiger partial charge in [-0.15, -0.1) is 0 Å². The van der Waals surface area contributed by atoms with E-state index in [1.165, 1.54) is 25.5 Å². The van der Waals surface area contributed by atoms with Crippen LogP contribution < -0.4 is 0 Å². The predicted molar refractivity (Wildman–Crippen MR) is 136 cm³/mol. The Morgan fingerprint density at radius 1 is 1.06 bits per heavy atom.